The third-order valence-electron chi connectivity index (χ3n) is 5.62. The smallest absolute Gasteiger partial charge is 0.339 e. The van der Waals surface area contributed by atoms with Crippen molar-refractivity contribution in [1.29, 1.82) is 0 Å². The first kappa shape index (κ1) is 20.1. The normalized spacial score (nSPS) is 18.9. The van der Waals surface area contributed by atoms with E-state index in [0.29, 0.717) is 22.7 Å². The molecule has 3 aromatic rings. The molecule has 0 radical (unpaired) electrons. The molecule has 2 heterocycles. The van der Waals surface area contributed by atoms with Crippen molar-refractivity contribution in [3.63, 3.8) is 0 Å². The number of hydrogen-bond acceptors (Lipinski definition) is 6. The fourth-order valence-electron chi connectivity index (χ4n) is 3.90. The van der Waals surface area contributed by atoms with Crippen LogP contribution in [0, 0.1) is 12.8 Å². The molecule has 30 heavy (non-hydrogen) atoms. The minimum Gasteiger partial charge on any atom is -0.452 e. The van der Waals surface area contributed by atoms with Crippen LogP contribution in [0.25, 0.3) is 22.4 Å². The summed E-state index contributed by atoms with van der Waals surface area (Å²) in [6.07, 6.45) is 4.14. The molecular weight excluding hydrogens is 382 g/mol. The van der Waals surface area contributed by atoms with Crippen molar-refractivity contribution >= 4 is 23.0 Å². The van der Waals surface area contributed by atoms with Gasteiger partial charge in [-0.2, -0.15) is 0 Å². The van der Waals surface area contributed by atoms with E-state index in [9.17, 15) is 9.59 Å². The Morgan fingerprint density at radius 1 is 1.17 bits per heavy atom. The number of fused-ring (bicyclic) bond motifs is 1. The van der Waals surface area contributed by atoms with Gasteiger partial charge in [-0.1, -0.05) is 42.4 Å². The van der Waals surface area contributed by atoms with E-state index in [-0.39, 0.29) is 29.8 Å². The molecule has 0 aliphatic heterocycles. The number of amides is 1. The first-order valence-electron chi connectivity index (χ1n) is 10.3. The monoisotopic (exact) mass is 407 g/mol. The Bertz CT molecular complexity index is 1050. The molecule has 1 aliphatic rings. The van der Waals surface area contributed by atoms with Crippen molar-refractivity contribution in [1.82, 2.24) is 15.5 Å². The third kappa shape index (κ3) is 4.35. The number of nitrogens with one attached hydrogen (secondary N) is 1. The van der Waals surface area contributed by atoms with Gasteiger partial charge in [-0.05, 0) is 44.6 Å². The predicted octanol–water partition coefficient (Wildman–Crippen LogP) is 4.05. The average Bonchev–Trinajstić information content (AvgIpc) is 3.14. The molecule has 0 spiro atoms. The lowest BCUT2D eigenvalue weighted by atomic mass is 9.87. The molecule has 1 aliphatic carbocycles. The molecule has 7 nitrogen and oxygen atoms in total. The SMILES string of the molecule is Cc1noc2nc(-c3ccccc3)cc(C(=O)OCC(=O)NC3CCC(C)CC3)c12. The van der Waals surface area contributed by atoms with Crippen LogP contribution in [0.4, 0.5) is 0 Å². The highest BCUT2D eigenvalue weighted by Crippen LogP contribution is 2.27. The van der Waals surface area contributed by atoms with Crippen LogP contribution >= 0.6 is 0 Å². The van der Waals surface area contributed by atoms with E-state index in [0.717, 1.165) is 31.2 Å². The number of carbonyl (C=O) groups is 2. The Balaban J connectivity index is 1.49. The molecule has 7 heteroatoms. The summed E-state index contributed by atoms with van der Waals surface area (Å²) < 4.78 is 10.6. The molecule has 1 aromatic carbocycles. The quantitative estimate of drug-likeness (QED) is 0.641. The van der Waals surface area contributed by atoms with Crippen LogP contribution < -0.4 is 5.32 Å². The molecule has 4 rings (SSSR count). The van der Waals surface area contributed by atoms with E-state index >= 15 is 0 Å². The van der Waals surface area contributed by atoms with Crippen molar-refractivity contribution < 1.29 is 18.8 Å². The van der Waals surface area contributed by atoms with Crippen LogP contribution in [0.3, 0.4) is 0 Å². The molecule has 1 amide bonds. The van der Waals surface area contributed by atoms with Crippen LogP contribution in [0.15, 0.2) is 40.9 Å². The Labute approximate surface area is 174 Å². The largest absolute Gasteiger partial charge is 0.452 e. The highest BCUT2D eigenvalue weighted by Gasteiger charge is 2.23. The average molecular weight is 407 g/mol. The van der Waals surface area contributed by atoms with Gasteiger partial charge in [0.25, 0.3) is 11.6 Å². The maximum absolute atomic E-state index is 12.8. The van der Waals surface area contributed by atoms with E-state index in [4.69, 9.17) is 9.26 Å². The van der Waals surface area contributed by atoms with Gasteiger partial charge < -0.3 is 14.6 Å². The zero-order valence-corrected chi connectivity index (χ0v) is 17.2. The second kappa shape index (κ2) is 8.65. The van der Waals surface area contributed by atoms with Gasteiger partial charge in [-0.3, -0.25) is 4.79 Å². The number of hydrogen-bond donors (Lipinski definition) is 1. The third-order valence-corrected chi connectivity index (χ3v) is 5.62. The predicted molar refractivity (Wildman–Crippen MR) is 112 cm³/mol. The summed E-state index contributed by atoms with van der Waals surface area (Å²) in [5.74, 6) is -0.174. The molecule has 156 valence electrons. The topological polar surface area (TPSA) is 94.3 Å². The minimum absolute atomic E-state index is 0.157. The maximum atomic E-state index is 12.8. The fourth-order valence-corrected chi connectivity index (χ4v) is 3.90. The molecule has 1 saturated carbocycles. The van der Waals surface area contributed by atoms with E-state index in [1.165, 1.54) is 0 Å². The highest BCUT2D eigenvalue weighted by atomic mass is 16.5. The zero-order chi connectivity index (χ0) is 21.1. The second-order valence-electron chi connectivity index (χ2n) is 7.97. The van der Waals surface area contributed by atoms with Gasteiger partial charge in [0.05, 0.1) is 22.3 Å². The zero-order valence-electron chi connectivity index (χ0n) is 17.2. The summed E-state index contributed by atoms with van der Waals surface area (Å²) in [5, 5.41) is 7.40. The summed E-state index contributed by atoms with van der Waals surface area (Å²) in [6.45, 7) is 3.65. The molecule has 0 atom stereocenters. The minimum atomic E-state index is -0.599. The molecule has 0 bridgehead atoms. The van der Waals surface area contributed by atoms with Crippen molar-refractivity contribution in [3.05, 3.63) is 47.7 Å². The number of carbonyl (C=O) groups excluding carboxylic acids is 2. The number of nitrogens with zero attached hydrogens (tertiary/aromatic N) is 2. The summed E-state index contributed by atoms with van der Waals surface area (Å²) in [5.41, 5.74) is 2.52. The van der Waals surface area contributed by atoms with Crippen LogP contribution in [0.1, 0.15) is 48.7 Å². The van der Waals surface area contributed by atoms with Crippen molar-refractivity contribution in [2.45, 2.75) is 45.6 Å². The van der Waals surface area contributed by atoms with E-state index in [1.807, 2.05) is 30.3 Å². The number of benzene rings is 1. The Morgan fingerprint density at radius 3 is 2.63 bits per heavy atom. The summed E-state index contributed by atoms with van der Waals surface area (Å²) in [6, 6.07) is 11.3. The van der Waals surface area contributed by atoms with Gasteiger partial charge in [-0.25, -0.2) is 9.78 Å². The summed E-state index contributed by atoms with van der Waals surface area (Å²) >= 11 is 0. The van der Waals surface area contributed by atoms with Crippen LogP contribution in [-0.2, 0) is 9.53 Å². The molecule has 0 unspecified atom stereocenters. The van der Waals surface area contributed by atoms with Crippen molar-refractivity contribution in [2.75, 3.05) is 6.61 Å². The maximum Gasteiger partial charge on any atom is 0.339 e. The Kier molecular flexibility index (Phi) is 5.79. The summed E-state index contributed by atoms with van der Waals surface area (Å²) in [4.78, 5) is 29.6. The van der Waals surface area contributed by atoms with Crippen LogP contribution in [0.5, 0.6) is 0 Å². The molecule has 1 fully saturated rings. The number of rotatable bonds is 5. The molecule has 2 aromatic heterocycles. The first-order valence-corrected chi connectivity index (χ1v) is 10.3. The highest BCUT2D eigenvalue weighted by molar-refractivity contribution is 6.04. The molecule has 0 saturated heterocycles. The van der Waals surface area contributed by atoms with E-state index in [2.05, 4.69) is 22.4 Å². The Morgan fingerprint density at radius 2 is 1.90 bits per heavy atom. The standard InChI is InChI=1S/C23H25N3O4/c1-14-8-10-17(11-9-14)24-20(27)13-29-23(28)18-12-19(16-6-4-3-5-7-16)25-22-21(18)15(2)26-30-22/h3-7,12,14,17H,8-11,13H2,1-2H3,(H,24,27). The molecular formula is C23H25N3O4. The lowest BCUT2D eigenvalue weighted by Crippen LogP contribution is -2.39. The lowest BCUT2D eigenvalue weighted by Gasteiger charge is -2.26. The Hall–Kier alpha value is -3.22. The van der Waals surface area contributed by atoms with E-state index in [1.54, 1.807) is 13.0 Å². The van der Waals surface area contributed by atoms with Gasteiger partial charge in [0, 0.05) is 11.6 Å². The van der Waals surface area contributed by atoms with Crippen LogP contribution in [-0.4, -0.2) is 34.7 Å². The number of pyridine rings is 1. The van der Waals surface area contributed by atoms with Gasteiger partial charge in [0.15, 0.2) is 6.61 Å². The van der Waals surface area contributed by atoms with Crippen molar-refractivity contribution in [2.24, 2.45) is 5.92 Å². The first-order chi connectivity index (χ1) is 14.5. The number of ether oxygens (including phenoxy) is 1. The number of aryl methyl sites for hydroxylation is 1. The lowest BCUT2D eigenvalue weighted by molar-refractivity contribution is -0.125. The summed E-state index contributed by atoms with van der Waals surface area (Å²) in [7, 11) is 0. The molecule has 1 N–H and O–H groups in total. The van der Waals surface area contributed by atoms with Gasteiger partial charge in [0.2, 0.25) is 0 Å². The second-order valence-corrected chi connectivity index (χ2v) is 7.97. The van der Waals surface area contributed by atoms with Crippen LogP contribution in [0.2, 0.25) is 0 Å². The van der Waals surface area contributed by atoms with Gasteiger partial charge in [0.1, 0.15) is 0 Å². The van der Waals surface area contributed by atoms with Gasteiger partial charge in [-0.15, -0.1) is 0 Å². The number of aromatic nitrogens is 2. The number of esters is 1. The van der Waals surface area contributed by atoms with Gasteiger partial charge >= 0.3 is 5.97 Å². The fraction of sp³-hybridized carbons (Fsp3) is 0.391. The van der Waals surface area contributed by atoms with E-state index < -0.39 is 5.97 Å². The van der Waals surface area contributed by atoms with Crippen molar-refractivity contribution in [3.8, 4) is 11.3 Å².